The molecule has 0 N–H and O–H groups in total. The Morgan fingerprint density at radius 1 is 0.388 bits per heavy atom. The zero-order valence-electron chi connectivity index (χ0n) is 36.5. The summed E-state index contributed by atoms with van der Waals surface area (Å²) in [5.74, 6) is 0.703. The molecule has 67 heavy (non-hydrogen) atoms. The molecular weight excluding hydrogens is 817 g/mol. The third-order valence-corrected chi connectivity index (χ3v) is 12.4. The number of nitriles is 2. The molecule has 0 aliphatic heterocycles. The van der Waals surface area contributed by atoms with E-state index in [1.54, 1.807) is 0 Å². The van der Waals surface area contributed by atoms with Crippen LogP contribution in [0.2, 0.25) is 0 Å². The molecule has 2 heterocycles. The van der Waals surface area contributed by atoms with Crippen molar-refractivity contribution in [3.8, 4) is 74.0 Å². The average molecular weight is 857 g/mol. The number of anilines is 3. The van der Waals surface area contributed by atoms with Crippen LogP contribution in [-0.2, 0) is 0 Å². The summed E-state index contributed by atoms with van der Waals surface area (Å²) in [4.78, 5) is 12.1. The quantitative estimate of drug-likeness (QED) is 0.144. The fourth-order valence-electron chi connectivity index (χ4n) is 9.02. The van der Waals surface area contributed by atoms with Gasteiger partial charge in [0.25, 0.3) is 0 Å². The van der Waals surface area contributed by atoms with Crippen molar-refractivity contribution in [2.24, 2.45) is 0 Å². The second-order valence-corrected chi connectivity index (χ2v) is 16.6. The molecule has 9 aromatic carbocycles. The zero-order chi connectivity index (χ0) is 45.3. The van der Waals surface area contributed by atoms with Crippen LogP contribution in [0, 0.1) is 29.6 Å². The summed E-state index contributed by atoms with van der Waals surface area (Å²) >= 11 is 0. The van der Waals surface area contributed by atoms with Crippen molar-refractivity contribution in [1.82, 2.24) is 14.5 Å². The number of fused-ring (bicyclic) bond motifs is 3. The van der Waals surface area contributed by atoms with E-state index < -0.39 is 0 Å². The van der Waals surface area contributed by atoms with Gasteiger partial charge in [-0.1, -0.05) is 133 Å². The van der Waals surface area contributed by atoms with Crippen molar-refractivity contribution in [2.75, 3.05) is 4.90 Å². The fourth-order valence-corrected chi connectivity index (χ4v) is 9.02. The topological polar surface area (TPSA) is 81.5 Å². The minimum Gasteiger partial charge on any atom is -0.310 e. The minimum absolute atomic E-state index is 0.596. The summed E-state index contributed by atoms with van der Waals surface area (Å²) < 4.78 is 2.36. The van der Waals surface area contributed by atoms with E-state index in [1.807, 2.05) is 97.1 Å². The van der Waals surface area contributed by atoms with Gasteiger partial charge in [-0.2, -0.15) is 10.5 Å². The number of aryl methyl sites for hydroxylation is 1. The molecule has 11 aromatic rings. The first-order valence-corrected chi connectivity index (χ1v) is 22.2. The highest BCUT2D eigenvalue weighted by Gasteiger charge is 2.19. The predicted octanol–water partition coefficient (Wildman–Crippen LogP) is 15.4. The van der Waals surface area contributed by atoms with Gasteiger partial charge < -0.3 is 9.47 Å². The Labute approximate surface area is 389 Å². The molecule has 6 heteroatoms. The van der Waals surface area contributed by atoms with Crippen molar-refractivity contribution in [3.05, 3.63) is 241 Å². The van der Waals surface area contributed by atoms with Gasteiger partial charge in [-0.25, -0.2) is 9.97 Å². The smallest absolute Gasteiger partial charge is 0.160 e. The van der Waals surface area contributed by atoms with E-state index in [1.165, 1.54) is 0 Å². The van der Waals surface area contributed by atoms with Gasteiger partial charge >= 0.3 is 0 Å². The van der Waals surface area contributed by atoms with Crippen LogP contribution < -0.4 is 4.90 Å². The zero-order valence-corrected chi connectivity index (χ0v) is 36.5. The largest absolute Gasteiger partial charge is 0.310 e. The molecule has 11 rings (SSSR count). The molecule has 0 saturated heterocycles. The molecular formula is C61H40N6. The Balaban J connectivity index is 0.891. The lowest BCUT2D eigenvalue weighted by Gasteiger charge is -2.26. The number of para-hydroxylation sites is 1. The van der Waals surface area contributed by atoms with Gasteiger partial charge in [0, 0.05) is 50.2 Å². The molecule has 0 unspecified atom stereocenters. The molecule has 0 saturated carbocycles. The van der Waals surface area contributed by atoms with Gasteiger partial charge in [-0.15, -0.1) is 0 Å². The third kappa shape index (κ3) is 7.76. The lowest BCUT2D eigenvalue weighted by Crippen LogP contribution is -2.10. The Kier molecular flexibility index (Phi) is 10.4. The summed E-state index contributed by atoms with van der Waals surface area (Å²) in [6.07, 6.45) is 0. The van der Waals surface area contributed by atoms with Crippen LogP contribution in [0.1, 0.15) is 16.7 Å². The maximum Gasteiger partial charge on any atom is 0.160 e. The molecule has 0 aliphatic carbocycles. The first-order valence-electron chi connectivity index (χ1n) is 22.2. The van der Waals surface area contributed by atoms with E-state index in [2.05, 4.69) is 156 Å². The number of hydrogen-bond acceptors (Lipinski definition) is 5. The van der Waals surface area contributed by atoms with Gasteiger partial charge in [-0.3, -0.25) is 0 Å². The maximum absolute atomic E-state index is 9.51. The number of hydrogen-bond donors (Lipinski definition) is 0. The van der Waals surface area contributed by atoms with E-state index in [9.17, 15) is 10.5 Å². The number of rotatable bonds is 9. The lowest BCUT2D eigenvalue weighted by molar-refractivity contribution is 1.15. The van der Waals surface area contributed by atoms with Crippen LogP contribution in [-0.4, -0.2) is 14.5 Å². The molecule has 0 spiro atoms. The van der Waals surface area contributed by atoms with E-state index in [0.29, 0.717) is 17.0 Å². The van der Waals surface area contributed by atoms with Crippen LogP contribution in [0.25, 0.3) is 83.6 Å². The summed E-state index contributed by atoms with van der Waals surface area (Å²) in [7, 11) is 0. The van der Waals surface area contributed by atoms with Crippen molar-refractivity contribution in [1.29, 1.82) is 10.5 Å². The Bertz CT molecular complexity index is 3560. The van der Waals surface area contributed by atoms with Crippen LogP contribution in [0.15, 0.2) is 224 Å². The molecule has 0 bridgehead atoms. The normalized spacial score (nSPS) is 11.0. The molecule has 6 nitrogen and oxygen atoms in total. The van der Waals surface area contributed by atoms with Crippen molar-refractivity contribution in [2.45, 2.75) is 6.92 Å². The van der Waals surface area contributed by atoms with Crippen LogP contribution in [0.3, 0.4) is 0 Å². The second kappa shape index (κ2) is 17.3. The maximum atomic E-state index is 9.51. The van der Waals surface area contributed by atoms with Crippen molar-refractivity contribution < 1.29 is 0 Å². The molecule has 0 atom stereocenters. The van der Waals surface area contributed by atoms with Crippen molar-refractivity contribution >= 4 is 38.9 Å². The third-order valence-electron chi connectivity index (χ3n) is 12.4. The first-order chi connectivity index (χ1) is 33.0. The number of benzene rings is 9. The predicted molar refractivity (Wildman–Crippen MR) is 272 cm³/mol. The molecule has 2 aromatic heterocycles. The van der Waals surface area contributed by atoms with Gasteiger partial charge in [0.1, 0.15) is 0 Å². The highest BCUT2D eigenvalue weighted by atomic mass is 15.1. The van der Waals surface area contributed by atoms with E-state index in [-0.39, 0.29) is 0 Å². The first kappa shape index (κ1) is 40.4. The van der Waals surface area contributed by atoms with E-state index >= 15 is 0 Å². The van der Waals surface area contributed by atoms with E-state index in [4.69, 9.17) is 9.97 Å². The summed E-state index contributed by atoms with van der Waals surface area (Å²) in [6.45, 7) is 2.19. The highest BCUT2D eigenvalue weighted by molar-refractivity contribution is 6.11. The molecule has 0 aliphatic rings. The van der Waals surface area contributed by atoms with Gasteiger partial charge in [0.15, 0.2) is 5.82 Å². The summed E-state index contributed by atoms with van der Waals surface area (Å²) in [6, 6.07) is 81.4. The summed E-state index contributed by atoms with van der Waals surface area (Å²) in [5, 5.41) is 21.3. The second-order valence-electron chi connectivity index (χ2n) is 16.6. The Hall–Kier alpha value is -9.36. The van der Waals surface area contributed by atoms with Gasteiger partial charge in [-0.05, 0) is 126 Å². The average Bonchev–Trinajstić information content (AvgIpc) is 3.73. The SMILES string of the molecule is Cc1cc(-c2ccc(-c3ccc(-c4cc(-c5ccccc5)nc(-c5ccccc5)n4)cc3)cc2)ccc1-n1c2ccccc2c2cc(N(c3ccc(C#N)cc3)c3ccc(C#N)cc3)ccc21. The Morgan fingerprint density at radius 2 is 0.851 bits per heavy atom. The fraction of sp³-hybridized carbons (Fsp3) is 0.0164. The van der Waals surface area contributed by atoms with Crippen LogP contribution in [0.4, 0.5) is 17.1 Å². The number of nitrogens with zero attached hydrogens (tertiary/aromatic N) is 6. The van der Waals surface area contributed by atoms with E-state index in [0.717, 1.165) is 100 Å². The molecule has 0 amide bonds. The standard InChI is InChI=1S/C61H40N6/c1-41-36-50(46-22-20-44(21-23-46)45-24-26-48(27-25-45)57-38-56(47-10-4-2-5-11-47)64-61(65-57)49-12-6-3-7-13-49)28-34-58(41)67-59-15-9-8-14-54(59)55-37-53(33-35-60(55)67)66(51-29-16-42(39-62)17-30-51)52-31-18-43(40-63)19-32-52/h2-38H,1H3. The van der Waals surface area contributed by atoms with Crippen LogP contribution in [0.5, 0.6) is 0 Å². The van der Waals surface area contributed by atoms with Crippen molar-refractivity contribution in [3.63, 3.8) is 0 Å². The molecule has 314 valence electrons. The van der Waals surface area contributed by atoms with Crippen LogP contribution >= 0.6 is 0 Å². The highest BCUT2D eigenvalue weighted by Crippen LogP contribution is 2.41. The molecule has 0 fully saturated rings. The molecule has 0 radical (unpaired) electrons. The Morgan fingerprint density at radius 3 is 1.42 bits per heavy atom. The number of aromatic nitrogens is 3. The summed E-state index contributed by atoms with van der Waals surface area (Å²) in [5.41, 5.74) is 17.9. The monoisotopic (exact) mass is 856 g/mol. The lowest BCUT2D eigenvalue weighted by atomic mass is 9.97. The van der Waals surface area contributed by atoms with Gasteiger partial charge in [0.05, 0.1) is 45.7 Å². The minimum atomic E-state index is 0.596. The van der Waals surface area contributed by atoms with Gasteiger partial charge in [0.2, 0.25) is 0 Å².